The van der Waals surface area contributed by atoms with Crippen LogP contribution in [0.4, 0.5) is 0 Å². The van der Waals surface area contributed by atoms with Crippen molar-refractivity contribution in [3.63, 3.8) is 0 Å². The lowest BCUT2D eigenvalue weighted by Crippen LogP contribution is -2.41. The van der Waals surface area contributed by atoms with Crippen molar-refractivity contribution in [3.05, 3.63) is 52.1 Å². The molecular weight excluding hydrogens is 338 g/mol. The Morgan fingerprint density at radius 1 is 1.36 bits per heavy atom. The summed E-state index contributed by atoms with van der Waals surface area (Å²) in [6, 6.07) is 9.28. The largest absolute Gasteiger partial charge is 0.361 e. The van der Waals surface area contributed by atoms with E-state index in [4.69, 9.17) is 4.52 Å². The minimum Gasteiger partial charge on any atom is -0.361 e. The second-order valence-corrected chi connectivity index (χ2v) is 7.45. The predicted octanol–water partition coefficient (Wildman–Crippen LogP) is 3.11. The van der Waals surface area contributed by atoms with Gasteiger partial charge < -0.3 is 9.42 Å². The molecule has 1 aliphatic heterocycles. The summed E-state index contributed by atoms with van der Waals surface area (Å²) in [5, 5.41) is 4.77. The number of carbonyl (C=O) groups is 1. The Kier molecular flexibility index (Phi) is 4.17. The normalized spacial score (nSPS) is 18.0. The molecule has 1 saturated heterocycles. The number of amides is 1. The van der Waals surface area contributed by atoms with Gasteiger partial charge in [0.2, 0.25) is 5.91 Å². The quantitative estimate of drug-likeness (QED) is 0.722. The van der Waals surface area contributed by atoms with Crippen molar-refractivity contribution in [2.75, 3.05) is 6.54 Å². The molecule has 0 aliphatic carbocycles. The summed E-state index contributed by atoms with van der Waals surface area (Å²) < 4.78 is 7.64. The van der Waals surface area contributed by atoms with Gasteiger partial charge in [0.1, 0.15) is 18.0 Å². The number of hydrogen-bond donors (Lipinski definition) is 0. The molecule has 1 amide bonds. The monoisotopic (exact) mass is 357 g/mol. The highest BCUT2D eigenvalue weighted by Crippen LogP contribution is 2.31. The number of piperidine rings is 1. The molecule has 0 N–H and O–H groups in total. The zero-order chi connectivity index (χ0) is 17.4. The number of hydrogen-bond acceptors (Lipinski definition) is 5. The summed E-state index contributed by atoms with van der Waals surface area (Å²) in [5.74, 6) is 0.702. The lowest BCUT2D eigenvalue weighted by molar-refractivity contribution is -0.135. The first-order valence-electron chi connectivity index (χ1n) is 8.45. The van der Waals surface area contributed by atoms with Gasteiger partial charge in [-0.2, -0.15) is 0 Å². The van der Waals surface area contributed by atoms with E-state index in [0.29, 0.717) is 11.9 Å². The van der Waals surface area contributed by atoms with E-state index in [-0.39, 0.29) is 24.1 Å². The van der Waals surface area contributed by atoms with Gasteiger partial charge in [-0.3, -0.25) is 13.5 Å². The van der Waals surface area contributed by atoms with Crippen molar-refractivity contribution in [1.82, 2.24) is 14.0 Å². The highest BCUT2D eigenvalue weighted by atomic mass is 32.1. The lowest BCUT2D eigenvalue weighted by Gasteiger charge is -2.34. The number of benzene rings is 1. The van der Waals surface area contributed by atoms with Gasteiger partial charge in [0.05, 0.1) is 16.1 Å². The van der Waals surface area contributed by atoms with Crippen molar-refractivity contribution in [1.29, 1.82) is 0 Å². The van der Waals surface area contributed by atoms with Crippen molar-refractivity contribution < 1.29 is 9.32 Å². The van der Waals surface area contributed by atoms with Crippen molar-refractivity contribution in [2.45, 2.75) is 38.8 Å². The van der Waals surface area contributed by atoms with Gasteiger partial charge in [0.25, 0.3) is 5.56 Å². The molecule has 0 spiro atoms. The molecule has 1 aliphatic rings. The van der Waals surface area contributed by atoms with E-state index in [1.807, 2.05) is 36.1 Å². The molecular formula is C18H19N3O3S. The molecule has 3 heterocycles. The van der Waals surface area contributed by atoms with Crippen LogP contribution in [0, 0.1) is 6.92 Å². The summed E-state index contributed by atoms with van der Waals surface area (Å²) in [7, 11) is 0. The van der Waals surface area contributed by atoms with Gasteiger partial charge in [0, 0.05) is 12.6 Å². The van der Waals surface area contributed by atoms with Gasteiger partial charge in [-0.25, -0.2) is 0 Å². The number of aryl methyl sites for hydroxylation is 1. The first kappa shape index (κ1) is 16.1. The summed E-state index contributed by atoms with van der Waals surface area (Å²) in [6.07, 6.45) is 2.91. The first-order chi connectivity index (χ1) is 12.1. The molecule has 0 bridgehead atoms. The Morgan fingerprint density at radius 2 is 2.20 bits per heavy atom. The van der Waals surface area contributed by atoms with Gasteiger partial charge >= 0.3 is 0 Å². The summed E-state index contributed by atoms with van der Waals surface area (Å²) >= 11 is 1.34. The van der Waals surface area contributed by atoms with Crippen LogP contribution in [0.25, 0.3) is 10.1 Å². The van der Waals surface area contributed by atoms with Crippen LogP contribution >= 0.6 is 11.5 Å². The highest BCUT2D eigenvalue weighted by molar-refractivity contribution is 7.13. The molecule has 1 aromatic carbocycles. The third-order valence-electron chi connectivity index (χ3n) is 4.64. The molecule has 0 radical (unpaired) electrons. The summed E-state index contributed by atoms with van der Waals surface area (Å²) in [6.45, 7) is 2.61. The third kappa shape index (κ3) is 3.00. The van der Waals surface area contributed by atoms with Gasteiger partial charge in [-0.15, -0.1) is 0 Å². The molecule has 0 saturated carbocycles. The third-order valence-corrected chi connectivity index (χ3v) is 5.71. The van der Waals surface area contributed by atoms with Crippen molar-refractivity contribution >= 4 is 27.5 Å². The average molecular weight is 357 g/mol. The molecule has 1 unspecified atom stereocenters. The van der Waals surface area contributed by atoms with Crippen LogP contribution in [0.15, 0.2) is 39.6 Å². The molecule has 4 rings (SSSR count). The Hall–Kier alpha value is -2.41. The van der Waals surface area contributed by atoms with Crippen LogP contribution in [0.3, 0.4) is 0 Å². The van der Waals surface area contributed by atoms with E-state index in [2.05, 4.69) is 5.16 Å². The standard InChI is InChI=1S/C18H19N3O3S/c1-12-10-14(19-24-12)15-7-4-5-9-20(15)17(22)11-21-18(23)13-6-2-3-8-16(13)25-21/h2-3,6,8,10,15H,4-5,7,9,11H2,1H3. The molecule has 3 aromatic rings. The number of rotatable bonds is 3. The Balaban J connectivity index is 1.60. The maximum atomic E-state index is 12.9. The van der Waals surface area contributed by atoms with Crippen LogP contribution in [-0.4, -0.2) is 26.5 Å². The minimum absolute atomic E-state index is 0.0426. The first-order valence-corrected chi connectivity index (χ1v) is 9.22. The summed E-state index contributed by atoms with van der Waals surface area (Å²) in [5.41, 5.74) is 0.703. The van der Waals surface area contributed by atoms with E-state index < -0.39 is 0 Å². The topological polar surface area (TPSA) is 68.3 Å². The fourth-order valence-corrected chi connectivity index (χ4v) is 4.40. The fourth-order valence-electron chi connectivity index (χ4n) is 3.42. The molecule has 2 aromatic heterocycles. The van der Waals surface area contributed by atoms with E-state index in [1.54, 1.807) is 10.0 Å². The van der Waals surface area contributed by atoms with Crippen molar-refractivity contribution in [3.8, 4) is 0 Å². The second-order valence-electron chi connectivity index (χ2n) is 6.39. The number of likely N-dealkylation sites (tertiary alicyclic amines) is 1. The Labute approximate surface area is 148 Å². The van der Waals surface area contributed by atoms with Gasteiger partial charge in [-0.1, -0.05) is 28.8 Å². The SMILES string of the molecule is Cc1cc(C2CCCCN2C(=O)Cn2sc3ccccc3c2=O)no1. The zero-order valence-corrected chi connectivity index (χ0v) is 14.8. The van der Waals surface area contributed by atoms with Gasteiger partial charge in [0.15, 0.2) is 0 Å². The molecule has 130 valence electrons. The smallest absolute Gasteiger partial charge is 0.268 e. The maximum absolute atomic E-state index is 12.9. The second kappa shape index (κ2) is 6.48. The number of fused-ring (bicyclic) bond motifs is 1. The Morgan fingerprint density at radius 3 is 2.96 bits per heavy atom. The predicted molar refractivity (Wildman–Crippen MR) is 95.6 cm³/mol. The van der Waals surface area contributed by atoms with Crippen molar-refractivity contribution in [2.24, 2.45) is 0 Å². The van der Waals surface area contributed by atoms with Crippen LogP contribution in [0.5, 0.6) is 0 Å². The Bertz CT molecular complexity index is 971. The lowest BCUT2D eigenvalue weighted by atomic mass is 9.99. The zero-order valence-electron chi connectivity index (χ0n) is 14.0. The van der Waals surface area contributed by atoms with Crippen LogP contribution in [0.1, 0.15) is 36.8 Å². The average Bonchev–Trinajstić information content (AvgIpc) is 3.19. The van der Waals surface area contributed by atoms with Crippen LogP contribution < -0.4 is 5.56 Å². The maximum Gasteiger partial charge on any atom is 0.268 e. The van der Waals surface area contributed by atoms with E-state index >= 15 is 0 Å². The van der Waals surface area contributed by atoms with E-state index in [9.17, 15) is 9.59 Å². The van der Waals surface area contributed by atoms with Crippen LogP contribution in [-0.2, 0) is 11.3 Å². The molecule has 25 heavy (non-hydrogen) atoms. The van der Waals surface area contributed by atoms with Gasteiger partial charge in [-0.05, 0) is 38.3 Å². The number of carbonyl (C=O) groups excluding carboxylic acids is 1. The van der Waals surface area contributed by atoms with E-state index in [0.717, 1.165) is 35.4 Å². The molecule has 7 heteroatoms. The van der Waals surface area contributed by atoms with Crippen LogP contribution in [0.2, 0.25) is 0 Å². The number of nitrogens with zero attached hydrogens (tertiary/aromatic N) is 3. The molecule has 1 fully saturated rings. The minimum atomic E-state index is -0.0974. The molecule has 6 nitrogen and oxygen atoms in total. The highest BCUT2D eigenvalue weighted by Gasteiger charge is 2.30. The number of aromatic nitrogens is 2. The fraction of sp³-hybridized carbons (Fsp3) is 0.389. The summed E-state index contributed by atoms with van der Waals surface area (Å²) in [4.78, 5) is 27.2. The molecule has 1 atom stereocenters. The van der Waals surface area contributed by atoms with E-state index in [1.165, 1.54) is 11.5 Å².